The fourth-order valence-corrected chi connectivity index (χ4v) is 1.55. The third-order valence-corrected chi connectivity index (χ3v) is 2.93. The first-order valence-corrected chi connectivity index (χ1v) is 5.44. The van der Waals surface area contributed by atoms with Crippen molar-refractivity contribution in [1.82, 2.24) is 0 Å². The Balaban J connectivity index is 3.22. The van der Waals surface area contributed by atoms with Crippen molar-refractivity contribution in [2.24, 2.45) is 5.73 Å². The average Bonchev–Trinajstić information content (AvgIpc) is 2.26. The van der Waals surface area contributed by atoms with Crippen LogP contribution in [0.5, 0.6) is 0 Å². The number of hydrogen-bond acceptors (Lipinski definition) is 2. The number of benzene rings is 1. The SMILES string of the molecule is CCC(C)N(C)c1c(F)cc(C(=N)N)cc1F. The largest absolute Gasteiger partial charge is 0.384 e. The summed E-state index contributed by atoms with van der Waals surface area (Å²) in [5.74, 6) is -1.74. The van der Waals surface area contributed by atoms with Crippen LogP contribution in [0.15, 0.2) is 12.1 Å². The topological polar surface area (TPSA) is 53.1 Å². The van der Waals surface area contributed by atoms with Gasteiger partial charge in [-0.3, -0.25) is 5.41 Å². The van der Waals surface area contributed by atoms with Gasteiger partial charge in [0.05, 0.1) is 0 Å². The van der Waals surface area contributed by atoms with Crippen molar-refractivity contribution in [3.8, 4) is 0 Å². The summed E-state index contributed by atoms with van der Waals surface area (Å²) in [6.45, 7) is 3.83. The average molecular weight is 241 g/mol. The van der Waals surface area contributed by atoms with E-state index in [1.807, 2.05) is 13.8 Å². The van der Waals surface area contributed by atoms with Crippen LogP contribution in [0.2, 0.25) is 0 Å². The van der Waals surface area contributed by atoms with Crippen LogP contribution in [0.1, 0.15) is 25.8 Å². The van der Waals surface area contributed by atoms with Gasteiger partial charge in [0, 0.05) is 18.7 Å². The quantitative estimate of drug-likeness (QED) is 0.628. The highest BCUT2D eigenvalue weighted by Gasteiger charge is 2.18. The van der Waals surface area contributed by atoms with Gasteiger partial charge in [-0.25, -0.2) is 8.78 Å². The van der Waals surface area contributed by atoms with Gasteiger partial charge in [0.1, 0.15) is 23.2 Å². The zero-order chi connectivity index (χ0) is 13.2. The number of hydrogen-bond donors (Lipinski definition) is 2. The molecule has 0 aromatic heterocycles. The number of nitrogens with zero attached hydrogens (tertiary/aromatic N) is 1. The van der Waals surface area contributed by atoms with Crippen molar-refractivity contribution in [1.29, 1.82) is 5.41 Å². The molecule has 17 heavy (non-hydrogen) atoms. The first-order valence-electron chi connectivity index (χ1n) is 5.44. The Bertz CT molecular complexity index is 409. The fourth-order valence-electron chi connectivity index (χ4n) is 1.55. The second-order valence-corrected chi connectivity index (χ2v) is 4.07. The lowest BCUT2D eigenvalue weighted by Crippen LogP contribution is -2.30. The fraction of sp³-hybridized carbons (Fsp3) is 0.417. The number of nitrogens with two attached hydrogens (primary N) is 1. The van der Waals surface area contributed by atoms with Gasteiger partial charge in [-0.05, 0) is 25.5 Å². The molecule has 0 aliphatic rings. The van der Waals surface area contributed by atoms with E-state index in [-0.39, 0.29) is 23.1 Å². The molecule has 0 saturated heterocycles. The first kappa shape index (κ1) is 13.4. The number of nitrogen functional groups attached to an aromatic ring is 1. The van der Waals surface area contributed by atoms with Crippen LogP contribution in [0.25, 0.3) is 0 Å². The first-order chi connectivity index (χ1) is 7.88. The highest BCUT2D eigenvalue weighted by Crippen LogP contribution is 2.26. The predicted molar refractivity (Wildman–Crippen MR) is 65.5 cm³/mol. The normalized spacial score (nSPS) is 12.3. The molecule has 1 unspecified atom stereocenters. The van der Waals surface area contributed by atoms with E-state index in [2.05, 4.69) is 0 Å². The molecule has 0 bridgehead atoms. The standard InChI is InChI=1S/C12H17F2N3/c1-4-7(2)17(3)11-9(13)5-8(12(15)16)6-10(11)14/h5-7H,4H2,1-3H3,(H3,15,16). The van der Waals surface area contributed by atoms with Crippen molar-refractivity contribution in [2.75, 3.05) is 11.9 Å². The Morgan fingerprint density at radius 2 is 1.88 bits per heavy atom. The van der Waals surface area contributed by atoms with Crippen LogP contribution in [-0.2, 0) is 0 Å². The van der Waals surface area contributed by atoms with E-state index < -0.39 is 11.6 Å². The van der Waals surface area contributed by atoms with Gasteiger partial charge < -0.3 is 10.6 Å². The molecule has 0 amide bonds. The summed E-state index contributed by atoms with van der Waals surface area (Å²) in [4.78, 5) is 1.55. The van der Waals surface area contributed by atoms with Gasteiger partial charge in [-0.15, -0.1) is 0 Å². The van der Waals surface area contributed by atoms with E-state index in [1.54, 1.807) is 11.9 Å². The molecule has 5 heteroatoms. The molecular formula is C12H17F2N3. The summed E-state index contributed by atoms with van der Waals surface area (Å²) in [6, 6.07) is 2.20. The molecule has 0 saturated carbocycles. The smallest absolute Gasteiger partial charge is 0.150 e. The summed E-state index contributed by atoms with van der Waals surface area (Å²) in [5, 5.41) is 7.16. The maximum absolute atomic E-state index is 13.8. The second kappa shape index (κ2) is 5.12. The van der Waals surface area contributed by atoms with Gasteiger partial charge in [-0.1, -0.05) is 6.92 Å². The summed E-state index contributed by atoms with van der Waals surface area (Å²) in [7, 11) is 1.64. The van der Waals surface area contributed by atoms with E-state index in [0.717, 1.165) is 18.6 Å². The van der Waals surface area contributed by atoms with Gasteiger partial charge in [0.25, 0.3) is 0 Å². The minimum atomic E-state index is -0.696. The maximum Gasteiger partial charge on any atom is 0.150 e. The van der Waals surface area contributed by atoms with Crippen LogP contribution in [-0.4, -0.2) is 18.9 Å². The van der Waals surface area contributed by atoms with E-state index in [0.29, 0.717) is 0 Å². The molecular weight excluding hydrogens is 224 g/mol. The minimum Gasteiger partial charge on any atom is -0.384 e. The maximum atomic E-state index is 13.8. The summed E-state index contributed by atoms with van der Waals surface area (Å²) in [6.07, 6.45) is 0.782. The molecule has 0 heterocycles. The Hall–Kier alpha value is -1.65. The molecule has 1 aromatic rings. The minimum absolute atomic E-state index is 0.0298. The highest BCUT2D eigenvalue weighted by atomic mass is 19.1. The lowest BCUT2D eigenvalue weighted by atomic mass is 10.1. The van der Waals surface area contributed by atoms with Crippen molar-refractivity contribution < 1.29 is 8.78 Å². The summed E-state index contributed by atoms with van der Waals surface area (Å²) < 4.78 is 27.6. The van der Waals surface area contributed by atoms with Crippen LogP contribution >= 0.6 is 0 Å². The Morgan fingerprint density at radius 3 is 2.24 bits per heavy atom. The molecule has 3 nitrogen and oxygen atoms in total. The number of rotatable bonds is 4. The van der Waals surface area contributed by atoms with Crippen LogP contribution in [0.4, 0.5) is 14.5 Å². The zero-order valence-corrected chi connectivity index (χ0v) is 10.2. The molecule has 1 atom stereocenters. The Morgan fingerprint density at radius 1 is 1.41 bits per heavy atom. The highest BCUT2D eigenvalue weighted by molar-refractivity contribution is 5.95. The molecule has 0 aliphatic carbocycles. The van der Waals surface area contributed by atoms with Crippen molar-refractivity contribution >= 4 is 11.5 Å². The van der Waals surface area contributed by atoms with E-state index in [4.69, 9.17) is 11.1 Å². The molecule has 3 N–H and O–H groups in total. The number of nitrogens with one attached hydrogen (secondary N) is 1. The van der Waals surface area contributed by atoms with Crippen molar-refractivity contribution in [2.45, 2.75) is 26.3 Å². The molecule has 94 valence electrons. The van der Waals surface area contributed by atoms with Crippen LogP contribution < -0.4 is 10.6 Å². The summed E-state index contributed by atoms with van der Waals surface area (Å²) >= 11 is 0. The van der Waals surface area contributed by atoms with E-state index in [1.165, 1.54) is 0 Å². The lowest BCUT2D eigenvalue weighted by Gasteiger charge is -2.27. The Labute approximate surface area is 99.7 Å². The lowest BCUT2D eigenvalue weighted by molar-refractivity contribution is 0.556. The third kappa shape index (κ3) is 2.72. The van der Waals surface area contributed by atoms with Gasteiger partial charge in [0.15, 0.2) is 0 Å². The second-order valence-electron chi connectivity index (χ2n) is 4.07. The molecule has 0 aliphatic heterocycles. The van der Waals surface area contributed by atoms with Gasteiger partial charge in [0.2, 0.25) is 0 Å². The number of amidine groups is 1. The van der Waals surface area contributed by atoms with Crippen LogP contribution in [0, 0.1) is 17.0 Å². The molecule has 0 spiro atoms. The predicted octanol–water partition coefficient (Wildman–Crippen LogP) is 2.48. The molecule has 1 rings (SSSR count). The van der Waals surface area contributed by atoms with E-state index in [9.17, 15) is 8.78 Å². The molecule has 1 aromatic carbocycles. The number of anilines is 1. The van der Waals surface area contributed by atoms with Gasteiger partial charge in [-0.2, -0.15) is 0 Å². The molecule has 0 radical (unpaired) electrons. The summed E-state index contributed by atoms with van der Waals surface area (Å²) in [5.41, 5.74) is 5.18. The third-order valence-electron chi connectivity index (χ3n) is 2.93. The van der Waals surface area contributed by atoms with Gasteiger partial charge >= 0.3 is 0 Å². The van der Waals surface area contributed by atoms with E-state index >= 15 is 0 Å². The number of halogens is 2. The Kier molecular flexibility index (Phi) is 4.04. The monoisotopic (exact) mass is 241 g/mol. The molecule has 0 fully saturated rings. The zero-order valence-electron chi connectivity index (χ0n) is 10.2. The van der Waals surface area contributed by atoms with Crippen molar-refractivity contribution in [3.63, 3.8) is 0 Å². The van der Waals surface area contributed by atoms with Crippen molar-refractivity contribution in [3.05, 3.63) is 29.3 Å². The van der Waals surface area contributed by atoms with Crippen LogP contribution in [0.3, 0.4) is 0 Å².